The van der Waals surface area contributed by atoms with Gasteiger partial charge in [0.25, 0.3) is 5.91 Å². The lowest BCUT2D eigenvalue weighted by Crippen LogP contribution is -2.52. The number of carbonyl (C=O) groups excluding carboxylic acids is 2. The third-order valence-corrected chi connectivity index (χ3v) is 7.46. The zero-order valence-corrected chi connectivity index (χ0v) is 24.1. The summed E-state index contributed by atoms with van der Waals surface area (Å²) in [4.78, 5) is 28.8. The fourth-order valence-corrected chi connectivity index (χ4v) is 4.47. The molecular weight excluding hydrogens is 552 g/mol. The third kappa shape index (κ3) is 8.61. The van der Waals surface area contributed by atoms with Crippen LogP contribution in [-0.2, 0) is 22.6 Å². The van der Waals surface area contributed by atoms with Crippen molar-refractivity contribution in [1.82, 2.24) is 10.2 Å². The molecule has 0 saturated heterocycles. The molecule has 0 bridgehead atoms. The topological polar surface area (TPSA) is 58.6 Å². The van der Waals surface area contributed by atoms with Gasteiger partial charge in [0.05, 0.1) is 0 Å². The fourth-order valence-electron chi connectivity index (χ4n) is 4.03. The van der Waals surface area contributed by atoms with Gasteiger partial charge in [-0.2, -0.15) is 0 Å². The van der Waals surface area contributed by atoms with Gasteiger partial charge in [-0.1, -0.05) is 83.8 Å². The molecule has 0 radical (unpaired) electrons. The number of amides is 2. The lowest BCUT2D eigenvalue weighted by molar-refractivity contribution is -0.142. The number of aryl methyl sites for hydroxylation is 2. The predicted octanol–water partition coefficient (Wildman–Crippen LogP) is 6.51. The molecule has 0 heterocycles. The molecule has 0 unspecified atom stereocenters. The minimum absolute atomic E-state index is 0.191. The second kappa shape index (κ2) is 13.6. The average molecular weight is 586 g/mol. The van der Waals surface area contributed by atoms with Crippen molar-refractivity contribution in [3.8, 4) is 5.75 Å². The van der Waals surface area contributed by atoms with E-state index in [2.05, 4.69) is 21.2 Å². The van der Waals surface area contributed by atoms with E-state index in [1.165, 1.54) is 0 Å². The molecule has 0 saturated carbocycles. The molecular formula is C30H34BrClN2O3. The summed E-state index contributed by atoms with van der Waals surface area (Å²) >= 11 is 9.80. The van der Waals surface area contributed by atoms with Gasteiger partial charge in [0.2, 0.25) is 5.91 Å². The van der Waals surface area contributed by atoms with Gasteiger partial charge in [0.15, 0.2) is 6.61 Å². The van der Waals surface area contributed by atoms with Crippen molar-refractivity contribution < 1.29 is 14.3 Å². The lowest BCUT2D eigenvalue weighted by atomic mass is 10.0. The van der Waals surface area contributed by atoms with Gasteiger partial charge >= 0.3 is 0 Å². The van der Waals surface area contributed by atoms with Gasteiger partial charge in [-0.05, 0) is 66.3 Å². The van der Waals surface area contributed by atoms with Gasteiger partial charge in [0, 0.05) is 29.0 Å². The minimum atomic E-state index is -0.718. The Kier molecular flexibility index (Phi) is 10.6. The Morgan fingerprint density at radius 3 is 2.24 bits per heavy atom. The smallest absolute Gasteiger partial charge is 0.261 e. The van der Waals surface area contributed by atoms with Crippen LogP contribution in [0.25, 0.3) is 0 Å². The van der Waals surface area contributed by atoms with Crippen molar-refractivity contribution in [2.75, 3.05) is 13.2 Å². The molecule has 7 heteroatoms. The van der Waals surface area contributed by atoms with Crippen molar-refractivity contribution in [2.45, 2.75) is 46.7 Å². The molecule has 1 atom stereocenters. The molecule has 3 aromatic rings. The maximum Gasteiger partial charge on any atom is 0.261 e. The van der Waals surface area contributed by atoms with Gasteiger partial charge in [-0.3, -0.25) is 9.59 Å². The first-order valence-corrected chi connectivity index (χ1v) is 13.6. The van der Waals surface area contributed by atoms with Gasteiger partial charge in [-0.25, -0.2) is 0 Å². The van der Waals surface area contributed by atoms with Crippen LogP contribution in [0.3, 0.4) is 0 Å². The van der Waals surface area contributed by atoms with Crippen molar-refractivity contribution in [1.29, 1.82) is 0 Å². The standard InChI is InChI=1S/C30H34BrClN2O3/c1-20(2)17-33-30(36)27(16-23-9-6-5-7-10-23)34(18-24-11-8-12-25(32)15-24)28(35)19-37-26-13-21(3)29(31)22(4)14-26/h5-15,20,27H,16-19H2,1-4H3,(H,33,36)/t27-/m0/s1. The largest absolute Gasteiger partial charge is 0.484 e. The summed E-state index contributed by atoms with van der Waals surface area (Å²) in [5.74, 6) is 0.422. The zero-order chi connectivity index (χ0) is 26.9. The number of hydrogen-bond donors (Lipinski definition) is 1. The Bertz CT molecular complexity index is 1190. The summed E-state index contributed by atoms with van der Waals surface area (Å²) in [7, 11) is 0. The van der Waals surface area contributed by atoms with Gasteiger partial charge in [-0.15, -0.1) is 0 Å². The maximum atomic E-state index is 13.7. The molecule has 0 aliphatic carbocycles. The van der Waals surface area contributed by atoms with Crippen molar-refractivity contribution in [3.05, 3.63) is 98.5 Å². The molecule has 5 nitrogen and oxygen atoms in total. The first-order chi connectivity index (χ1) is 17.6. The molecule has 0 fully saturated rings. The van der Waals surface area contributed by atoms with Crippen molar-refractivity contribution >= 4 is 39.3 Å². The Labute approximate surface area is 233 Å². The summed E-state index contributed by atoms with van der Waals surface area (Å²) in [6, 6.07) is 20.1. The molecule has 196 valence electrons. The molecule has 1 N–H and O–H groups in total. The van der Waals surface area contributed by atoms with Crippen LogP contribution in [0.4, 0.5) is 0 Å². The summed E-state index contributed by atoms with van der Waals surface area (Å²) in [5, 5.41) is 3.60. The van der Waals surface area contributed by atoms with Gasteiger partial charge < -0.3 is 15.0 Å². The van der Waals surface area contributed by atoms with Crippen LogP contribution in [0.1, 0.15) is 36.1 Å². The summed E-state index contributed by atoms with van der Waals surface area (Å²) < 4.78 is 6.95. The van der Waals surface area contributed by atoms with Crippen LogP contribution >= 0.6 is 27.5 Å². The Balaban J connectivity index is 1.91. The number of hydrogen-bond acceptors (Lipinski definition) is 3. The van der Waals surface area contributed by atoms with Crippen LogP contribution in [-0.4, -0.2) is 35.9 Å². The quantitative estimate of drug-likeness (QED) is 0.279. The number of ether oxygens (including phenoxy) is 1. The van der Waals surface area contributed by atoms with Crippen LogP contribution in [0, 0.1) is 19.8 Å². The highest BCUT2D eigenvalue weighted by Crippen LogP contribution is 2.26. The van der Waals surface area contributed by atoms with Crippen LogP contribution < -0.4 is 10.1 Å². The second-order valence-corrected chi connectivity index (χ2v) is 10.9. The second-order valence-electron chi connectivity index (χ2n) is 9.66. The van der Waals surface area contributed by atoms with E-state index in [9.17, 15) is 9.59 Å². The molecule has 2 amide bonds. The van der Waals surface area contributed by atoms with E-state index in [-0.39, 0.29) is 30.9 Å². The molecule has 3 rings (SSSR count). The molecule has 0 aromatic heterocycles. The van der Waals surface area contributed by atoms with E-state index in [1.807, 2.05) is 88.4 Å². The van der Waals surface area contributed by atoms with Crippen molar-refractivity contribution in [2.24, 2.45) is 5.92 Å². The van der Waals surface area contributed by atoms with Crippen LogP contribution in [0.15, 0.2) is 71.2 Å². The van der Waals surface area contributed by atoms with E-state index in [4.69, 9.17) is 16.3 Å². The number of carbonyl (C=O) groups is 2. The Morgan fingerprint density at radius 2 is 1.62 bits per heavy atom. The van der Waals surface area contributed by atoms with E-state index >= 15 is 0 Å². The first kappa shape index (κ1) is 28.7. The highest BCUT2D eigenvalue weighted by Gasteiger charge is 2.31. The SMILES string of the molecule is Cc1cc(OCC(=O)N(Cc2cccc(Cl)c2)[C@@H](Cc2ccccc2)C(=O)NCC(C)C)cc(C)c1Br. The zero-order valence-electron chi connectivity index (χ0n) is 21.8. The predicted molar refractivity (Wildman–Crippen MR) is 153 cm³/mol. The molecule has 0 aliphatic heterocycles. The van der Waals surface area contributed by atoms with Crippen LogP contribution in [0.5, 0.6) is 5.75 Å². The van der Waals surface area contributed by atoms with Crippen LogP contribution in [0.2, 0.25) is 5.02 Å². The van der Waals surface area contributed by atoms with Gasteiger partial charge in [0.1, 0.15) is 11.8 Å². The third-order valence-electron chi connectivity index (χ3n) is 5.97. The summed E-state index contributed by atoms with van der Waals surface area (Å²) in [5.41, 5.74) is 3.85. The summed E-state index contributed by atoms with van der Waals surface area (Å²) in [6.07, 6.45) is 0.383. The Hall–Kier alpha value is -2.83. The number of nitrogens with one attached hydrogen (secondary N) is 1. The lowest BCUT2D eigenvalue weighted by Gasteiger charge is -2.31. The van der Waals surface area contributed by atoms with E-state index < -0.39 is 6.04 Å². The number of halogens is 2. The minimum Gasteiger partial charge on any atom is -0.484 e. The average Bonchev–Trinajstić information content (AvgIpc) is 2.87. The molecule has 37 heavy (non-hydrogen) atoms. The van der Waals surface area contributed by atoms with E-state index in [0.29, 0.717) is 23.7 Å². The number of nitrogens with zero attached hydrogens (tertiary/aromatic N) is 1. The monoisotopic (exact) mass is 584 g/mol. The summed E-state index contributed by atoms with van der Waals surface area (Å²) in [6.45, 7) is 8.60. The Morgan fingerprint density at radius 1 is 0.973 bits per heavy atom. The fraction of sp³-hybridized carbons (Fsp3) is 0.333. The number of rotatable bonds is 11. The normalized spacial score (nSPS) is 11.8. The van der Waals surface area contributed by atoms with Crippen molar-refractivity contribution in [3.63, 3.8) is 0 Å². The highest BCUT2D eigenvalue weighted by atomic mass is 79.9. The molecule has 3 aromatic carbocycles. The van der Waals surface area contributed by atoms with E-state index in [1.54, 1.807) is 11.0 Å². The maximum absolute atomic E-state index is 13.7. The molecule has 0 spiro atoms. The molecule has 0 aliphatic rings. The number of benzene rings is 3. The first-order valence-electron chi connectivity index (χ1n) is 12.4. The van der Waals surface area contributed by atoms with E-state index in [0.717, 1.165) is 26.7 Å². The highest BCUT2D eigenvalue weighted by molar-refractivity contribution is 9.10.